The molecule has 1 spiro atoms. The van der Waals surface area contributed by atoms with Crippen LogP contribution in [0.4, 0.5) is 9.80 Å². The summed E-state index contributed by atoms with van der Waals surface area (Å²) >= 11 is 0. The van der Waals surface area contributed by atoms with Crippen LogP contribution in [0.1, 0.15) is 31.7 Å². The van der Waals surface area contributed by atoms with Gasteiger partial charge in [-0.3, -0.25) is 19.5 Å². The van der Waals surface area contributed by atoms with Gasteiger partial charge in [-0.2, -0.15) is 0 Å². The molecule has 2 fully saturated rings. The zero-order chi connectivity index (χ0) is 30.0. The summed E-state index contributed by atoms with van der Waals surface area (Å²) in [5.41, 5.74) is -0.0293. The molecule has 5 atom stereocenters. The third-order valence-electron chi connectivity index (χ3n) is 9.39. The molecule has 3 aromatic rings. The molecule has 6 rings (SSSR count). The number of hydrogen-bond donors (Lipinski definition) is 2. The van der Waals surface area contributed by atoms with Crippen molar-refractivity contribution in [2.24, 2.45) is 5.92 Å². The molecule has 0 unspecified atom stereocenters. The average molecular weight is 593 g/mol. The first-order chi connectivity index (χ1) is 20.0. The van der Waals surface area contributed by atoms with Crippen molar-refractivity contribution in [1.82, 2.24) is 14.7 Å². The lowest BCUT2D eigenvalue weighted by atomic mass is 9.82. The predicted octanol–water partition coefficient (Wildman–Crippen LogP) is 4.00. The number of nitrogens with zero attached hydrogens (tertiary/aromatic N) is 3. The standard InChI is InChI=1S/C31H37FN4O5Si/c1-5-14-35-25-13-12-20(36-29(39)22-10-6-7-11-24(22)33-36)16-23(25)31(30(35)40)19(2)28(42(3,4)32)26(41-31)17-27(38)34-15-8-9-21(34)18-37/h5-7,10-13,16,19,21,26,28,33,37H,1,8-9,14-15,17-18H2,2-4H3/t19-,21-,26+,28-,31+/m0/s1. The summed E-state index contributed by atoms with van der Waals surface area (Å²) in [7, 11) is -3.47. The van der Waals surface area contributed by atoms with E-state index in [1.165, 1.54) is 4.68 Å². The highest BCUT2D eigenvalue weighted by atomic mass is 28.4. The molecule has 222 valence electrons. The van der Waals surface area contributed by atoms with Gasteiger partial charge in [-0.15, -0.1) is 6.58 Å². The average Bonchev–Trinajstić information content (AvgIpc) is 3.69. The van der Waals surface area contributed by atoms with Gasteiger partial charge in [0.2, 0.25) is 14.3 Å². The smallest absolute Gasteiger partial charge is 0.279 e. The zero-order valence-electron chi connectivity index (χ0n) is 24.2. The summed E-state index contributed by atoms with van der Waals surface area (Å²) in [6.07, 6.45) is 2.26. The molecule has 0 radical (unpaired) electrons. The van der Waals surface area contributed by atoms with Crippen molar-refractivity contribution in [3.8, 4) is 5.69 Å². The third-order valence-corrected chi connectivity index (χ3v) is 11.8. The van der Waals surface area contributed by atoms with E-state index < -0.39 is 31.6 Å². The monoisotopic (exact) mass is 592 g/mol. The number of aliphatic hydroxyl groups excluding tert-OH is 1. The molecule has 0 bridgehead atoms. The van der Waals surface area contributed by atoms with Gasteiger partial charge in [-0.05, 0) is 56.3 Å². The van der Waals surface area contributed by atoms with E-state index in [1.54, 1.807) is 59.3 Å². The van der Waals surface area contributed by atoms with E-state index in [0.717, 1.165) is 12.8 Å². The molecule has 3 aliphatic rings. The van der Waals surface area contributed by atoms with Gasteiger partial charge in [0, 0.05) is 30.1 Å². The largest absolute Gasteiger partial charge is 0.394 e. The Labute approximate surface area is 244 Å². The first kappa shape index (κ1) is 28.6. The maximum Gasteiger partial charge on any atom is 0.279 e. The van der Waals surface area contributed by atoms with Crippen LogP contribution >= 0.6 is 0 Å². The van der Waals surface area contributed by atoms with Gasteiger partial charge in [0.1, 0.15) is 0 Å². The van der Waals surface area contributed by atoms with Crippen molar-refractivity contribution in [3.63, 3.8) is 0 Å². The van der Waals surface area contributed by atoms with E-state index in [9.17, 15) is 19.5 Å². The maximum absolute atomic E-state index is 16.2. The van der Waals surface area contributed by atoms with Gasteiger partial charge in [0.25, 0.3) is 11.5 Å². The highest BCUT2D eigenvalue weighted by Gasteiger charge is 2.67. The van der Waals surface area contributed by atoms with Crippen molar-refractivity contribution in [1.29, 1.82) is 0 Å². The Balaban J connectivity index is 1.46. The summed E-state index contributed by atoms with van der Waals surface area (Å²) in [6.45, 7) is 9.51. The Morgan fingerprint density at radius 1 is 1.26 bits per heavy atom. The summed E-state index contributed by atoms with van der Waals surface area (Å²) in [6, 6.07) is 12.3. The fraction of sp³-hybridized carbons (Fsp3) is 0.452. The van der Waals surface area contributed by atoms with Crippen LogP contribution in [0.25, 0.3) is 16.6 Å². The number of aromatic nitrogens is 2. The van der Waals surface area contributed by atoms with E-state index in [0.29, 0.717) is 34.4 Å². The number of carbonyl (C=O) groups excluding carboxylic acids is 2. The first-order valence-electron chi connectivity index (χ1n) is 14.6. The van der Waals surface area contributed by atoms with E-state index in [2.05, 4.69) is 11.7 Å². The first-order valence-corrected chi connectivity index (χ1v) is 17.5. The van der Waals surface area contributed by atoms with Crippen molar-refractivity contribution in [2.45, 2.75) is 62.6 Å². The molecule has 2 aromatic carbocycles. The Hall–Kier alpha value is -3.54. The van der Waals surface area contributed by atoms with Gasteiger partial charge >= 0.3 is 0 Å². The van der Waals surface area contributed by atoms with Crippen LogP contribution in [-0.2, 0) is 19.9 Å². The number of amides is 2. The molecule has 11 heteroatoms. The van der Waals surface area contributed by atoms with Crippen molar-refractivity contribution in [3.05, 3.63) is 71.0 Å². The van der Waals surface area contributed by atoms with Gasteiger partial charge in [0.15, 0.2) is 5.60 Å². The predicted molar refractivity (Wildman–Crippen MR) is 161 cm³/mol. The number of aromatic amines is 1. The molecule has 9 nitrogen and oxygen atoms in total. The van der Waals surface area contributed by atoms with E-state index in [4.69, 9.17) is 4.74 Å². The Morgan fingerprint density at radius 2 is 2.02 bits per heavy atom. The number of likely N-dealkylation sites (tertiary alicyclic amines) is 1. The summed E-state index contributed by atoms with van der Waals surface area (Å²) in [4.78, 5) is 44.4. The molecule has 4 heterocycles. The number of para-hydroxylation sites is 1. The topological polar surface area (TPSA) is 108 Å². The second-order valence-electron chi connectivity index (χ2n) is 12.2. The summed E-state index contributed by atoms with van der Waals surface area (Å²) < 4.78 is 24.3. The molecule has 3 aliphatic heterocycles. The summed E-state index contributed by atoms with van der Waals surface area (Å²) in [5, 5.41) is 13.5. The Bertz CT molecular complexity index is 1630. The zero-order valence-corrected chi connectivity index (χ0v) is 25.2. The molecular formula is C31H37FN4O5Si. The number of anilines is 1. The van der Waals surface area contributed by atoms with Crippen LogP contribution in [0.15, 0.2) is 59.9 Å². The fourth-order valence-corrected chi connectivity index (χ4v) is 10.1. The van der Waals surface area contributed by atoms with Crippen molar-refractivity contribution < 1.29 is 23.5 Å². The second-order valence-corrected chi connectivity index (χ2v) is 16.0. The van der Waals surface area contributed by atoms with Gasteiger partial charge < -0.3 is 23.8 Å². The number of hydrogen-bond acceptors (Lipinski definition) is 5. The van der Waals surface area contributed by atoms with Gasteiger partial charge in [0.05, 0.1) is 47.5 Å². The number of halogens is 1. The minimum atomic E-state index is -3.47. The van der Waals surface area contributed by atoms with E-state index in [-0.39, 0.29) is 43.0 Å². The normalized spacial score (nSPS) is 27.4. The highest BCUT2D eigenvalue weighted by molar-refractivity contribution is 6.72. The third kappa shape index (κ3) is 4.20. The number of nitrogens with one attached hydrogen (secondary N) is 1. The molecule has 2 amide bonds. The number of rotatable bonds is 7. The molecular weight excluding hydrogens is 555 g/mol. The molecule has 0 aliphatic carbocycles. The van der Waals surface area contributed by atoms with Gasteiger partial charge in [-0.1, -0.05) is 25.1 Å². The molecule has 2 N–H and O–H groups in total. The van der Waals surface area contributed by atoms with Gasteiger partial charge in [-0.25, -0.2) is 4.68 Å². The number of benzene rings is 2. The SMILES string of the molecule is C=CCN1C(=O)[C@]2(O[C@H](CC(=O)N3CCC[C@H]3CO)[C@@H]([Si](C)(C)F)[C@@H]2C)c2cc(-n3[nH]c4ccccc4c3=O)ccc21. The van der Waals surface area contributed by atoms with Crippen molar-refractivity contribution >= 4 is 36.8 Å². The maximum atomic E-state index is 16.2. The molecule has 42 heavy (non-hydrogen) atoms. The number of fused-ring (bicyclic) bond motifs is 3. The molecule has 1 aromatic heterocycles. The number of aliphatic hydroxyl groups is 1. The van der Waals surface area contributed by atoms with Crippen molar-refractivity contribution in [2.75, 3.05) is 24.6 Å². The van der Waals surface area contributed by atoms with Crippen LogP contribution in [0.2, 0.25) is 18.6 Å². The number of carbonyl (C=O) groups is 2. The quantitative estimate of drug-likeness (QED) is 0.245. The van der Waals surface area contributed by atoms with Crippen LogP contribution in [-0.4, -0.2) is 71.9 Å². The molecule has 0 saturated carbocycles. The lowest BCUT2D eigenvalue weighted by Gasteiger charge is -2.31. The summed E-state index contributed by atoms with van der Waals surface area (Å²) in [5.74, 6) is -1.10. The minimum absolute atomic E-state index is 0.0706. The highest BCUT2D eigenvalue weighted by Crippen LogP contribution is 2.60. The number of ether oxygens (including phenoxy) is 1. The lowest BCUT2D eigenvalue weighted by Crippen LogP contribution is -2.45. The van der Waals surface area contributed by atoms with E-state index in [1.807, 2.05) is 19.1 Å². The van der Waals surface area contributed by atoms with Crippen LogP contribution in [0.3, 0.4) is 0 Å². The lowest BCUT2D eigenvalue weighted by molar-refractivity contribution is -0.149. The Morgan fingerprint density at radius 3 is 2.71 bits per heavy atom. The number of H-pyrrole nitrogens is 1. The Kier molecular flexibility index (Phi) is 7.02. The fourth-order valence-electron chi connectivity index (χ4n) is 7.57. The van der Waals surface area contributed by atoms with Crippen LogP contribution in [0.5, 0.6) is 0 Å². The molecule has 2 saturated heterocycles. The van der Waals surface area contributed by atoms with E-state index >= 15 is 4.11 Å². The van der Waals surface area contributed by atoms with Crippen LogP contribution in [0, 0.1) is 5.92 Å². The minimum Gasteiger partial charge on any atom is -0.394 e. The van der Waals surface area contributed by atoms with Crippen LogP contribution < -0.4 is 10.5 Å². The second kappa shape index (κ2) is 10.3.